The third-order valence-corrected chi connectivity index (χ3v) is 6.61. The number of rotatable bonds is 11. The lowest BCUT2D eigenvalue weighted by Crippen LogP contribution is -2.34. The smallest absolute Gasteiger partial charge is 0.302 e. The van der Waals surface area contributed by atoms with Gasteiger partial charge in [0.05, 0.1) is 24.6 Å². The van der Waals surface area contributed by atoms with E-state index in [1.54, 1.807) is 12.1 Å². The van der Waals surface area contributed by atoms with Crippen LogP contribution in [0.2, 0.25) is 0 Å². The van der Waals surface area contributed by atoms with Crippen molar-refractivity contribution >= 4 is 34.3 Å². The number of hydrazone groups is 1. The predicted molar refractivity (Wildman–Crippen MR) is 133 cm³/mol. The number of nitrogens with zero attached hydrogens (tertiary/aromatic N) is 2. The van der Waals surface area contributed by atoms with Crippen molar-refractivity contribution in [3.63, 3.8) is 0 Å². The zero-order valence-corrected chi connectivity index (χ0v) is 20.5. The Hall–Kier alpha value is -3.07. The number of hydrogen-bond acceptors (Lipinski definition) is 6. The molecule has 9 heteroatoms. The van der Waals surface area contributed by atoms with E-state index in [9.17, 15) is 14.0 Å². The van der Waals surface area contributed by atoms with Gasteiger partial charge in [-0.25, -0.2) is 9.40 Å². The number of methoxy groups -OCH3 is 1. The van der Waals surface area contributed by atoms with E-state index in [1.807, 2.05) is 44.2 Å². The first-order chi connectivity index (χ1) is 16.5. The number of amides is 2. The third kappa shape index (κ3) is 6.50. The van der Waals surface area contributed by atoms with E-state index >= 15 is 0 Å². The molecule has 182 valence electrons. The minimum atomic E-state index is -0.974. The average Bonchev–Trinajstić information content (AvgIpc) is 2.85. The molecule has 0 spiro atoms. The molecule has 1 heterocycles. The van der Waals surface area contributed by atoms with Crippen molar-refractivity contribution in [2.75, 3.05) is 19.3 Å². The van der Waals surface area contributed by atoms with Crippen LogP contribution in [0.5, 0.6) is 11.5 Å². The first kappa shape index (κ1) is 25.6. The Morgan fingerprint density at radius 1 is 1.18 bits per heavy atom. The van der Waals surface area contributed by atoms with Crippen molar-refractivity contribution < 1.29 is 23.5 Å². The number of benzene rings is 2. The highest BCUT2D eigenvalue weighted by Gasteiger charge is 2.30. The van der Waals surface area contributed by atoms with E-state index in [1.165, 1.54) is 23.9 Å². The molecule has 1 N–H and O–H groups in total. The highest BCUT2D eigenvalue weighted by atomic mass is 32.2. The molecule has 1 atom stereocenters. The fourth-order valence-electron chi connectivity index (χ4n) is 3.53. The van der Waals surface area contributed by atoms with E-state index < -0.39 is 6.86 Å². The van der Waals surface area contributed by atoms with E-state index in [4.69, 9.17) is 9.47 Å². The lowest BCUT2D eigenvalue weighted by Gasteiger charge is -2.28. The Morgan fingerprint density at radius 2 is 1.94 bits per heavy atom. The summed E-state index contributed by atoms with van der Waals surface area (Å²) >= 11 is 1.22. The second kappa shape index (κ2) is 12.4. The van der Waals surface area contributed by atoms with Gasteiger partial charge in [0.1, 0.15) is 0 Å². The molecule has 1 unspecified atom stereocenters. The molecule has 2 aromatic rings. The minimum absolute atomic E-state index is 0.00680. The zero-order valence-electron chi connectivity index (χ0n) is 19.7. The van der Waals surface area contributed by atoms with Gasteiger partial charge < -0.3 is 14.8 Å². The van der Waals surface area contributed by atoms with Crippen LogP contribution in [0.4, 0.5) is 14.9 Å². The lowest BCUT2D eigenvalue weighted by atomic mass is 10.0. The van der Waals surface area contributed by atoms with Gasteiger partial charge in [-0.05, 0) is 48.7 Å². The molecule has 0 fully saturated rings. The average molecular weight is 488 g/mol. The van der Waals surface area contributed by atoms with Gasteiger partial charge in [-0.2, -0.15) is 5.10 Å². The van der Waals surface area contributed by atoms with Gasteiger partial charge >= 0.3 is 5.24 Å². The van der Waals surface area contributed by atoms with E-state index in [0.717, 1.165) is 35.4 Å². The van der Waals surface area contributed by atoms with Crippen LogP contribution in [-0.2, 0) is 11.3 Å². The predicted octanol–water partition coefficient (Wildman–Crippen LogP) is 5.98. The maximum absolute atomic E-state index is 12.8. The van der Waals surface area contributed by atoms with Crippen LogP contribution < -0.4 is 14.8 Å². The van der Waals surface area contributed by atoms with Crippen LogP contribution in [0.25, 0.3) is 0 Å². The summed E-state index contributed by atoms with van der Waals surface area (Å²) in [6, 6.07) is 12.6. The Bertz CT molecular complexity index is 1030. The molecule has 0 saturated heterocycles. The molecular weight excluding hydrogens is 457 g/mol. The number of anilines is 1. The molecule has 0 aromatic heterocycles. The number of alkyl halides is 1. The van der Waals surface area contributed by atoms with Crippen LogP contribution in [0, 0.1) is 0 Å². The van der Waals surface area contributed by atoms with Gasteiger partial charge in [0, 0.05) is 17.7 Å². The maximum atomic E-state index is 12.8. The molecule has 34 heavy (non-hydrogen) atoms. The quantitative estimate of drug-likeness (QED) is 0.422. The fourth-order valence-corrected chi connectivity index (χ4v) is 4.46. The first-order valence-corrected chi connectivity index (χ1v) is 12.2. The van der Waals surface area contributed by atoms with Gasteiger partial charge in [0.2, 0.25) is 12.8 Å². The normalized spacial score (nSPS) is 15.6. The lowest BCUT2D eigenvalue weighted by molar-refractivity contribution is -0.116. The summed E-state index contributed by atoms with van der Waals surface area (Å²) in [5.74, 6) is 0.700. The highest BCUT2D eigenvalue weighted by molar-refractivity contribution is 8.14. The number of carbonyl (C=O) groups excluding carboxylic acids is 2. The van der Waals surface area contributed by atoms with Gasteiger partial charge in [-0.15, -0.1) is 0 Å². The molecule has 2 aromatic carbocycles. The van der Waals surface area contributed by atoms with Crippen LogP contribution >= 0.6 is 11.8 Å². The van der Waals surface area contributed by atoms with Crippen LogP contribution in [0.1, 0.15) is 50.7 Å². The van der Waals surface area contributed by atoms with E-state index in [0.29, 0.717) is 25.1 Å². The SMILES string of the molecule is CCCCC(=O)Nc1ccc(CN2N=C(c3ccc(OC)c(OCF)c3)C(CC)SC2=O)cc1. The molecular formula is C25H30FN3O4S. The molecule has 1 aliphatic heterocycles. The van der Waals surface area contributed by atoms with Crippen LogP contribution in [0.3, 0.4) is 0 Å². The zero-order chi connectivity index (χ0) is 24.5. The number of carbonyl (C=O) groups is 2. The number of unbranched alkanes of at least 4 members (excludes halogenated alkanes) is 1. The first-order valence-electron chi connectivity index (χ1n) is 11.3. The number of thioether (sulfide) groups is 1. The number of halogens is 1. The Balaban J connectivity index is 1.79. The van der Waals surface area contributed by atoms with Crippen molar-refractivity contribution in [3.8, 4) is 11.5 Å². The van der Waals surface area contributed by atoms with Gasteiger partial charge in [-0.1, -0.05) is 44.2 Å². The number of hydrogen-bond donors (Lipinski definition) is 1. The van der Waals surface area contributed by atoms with Gasteiger partial charge in [0.15, 0.2) is 11.5 Å². The Morgan fingerprint density at radius 3 is 2.59 bits per heavy atom. The molecule has 0 radical (unpaired) electrons. The van der Waals surface area contributed by atoms with E-state index in [2.05, 4.69) is 10.4 Å². The number of nitrogens with one attached hydrogen (secondary N) is 1. The molecule has 0 aliphatic carbocycles. The Labute approximate surface area is 203 Å². The van der Waals surface area contributed by atoms with Gasteiger partial charge in [0.25, 0.3) is 0 Å². The van der Waals surface area contributed by atoms with E-state index in [-0.39, 0.29) is 22.1 Å². The standard InChI is InChI=1S/C25H30FN3O4S/c1-4-6-7-23(30)27-19-11-8-17(9-12-19)15-29-25(31)34-22(5-2)24(28-29)18-10-13-20(32-3)21(14-18)33-16-26/h8-14,22H,4-7,15-16H2,1-3H3,(H,27,30). The molecule has 3 rings (SSSR count). The van der Waals surface area contributed by atoms with Crippen LogP contribution in [-0.4, -0.2) is 41.1 Å². The summed E-state index contributed by atoms with van der Waals surface area (Å²) < 4.78 is 23.1. The summed E-state index contributed by atoms with van der Waals surface area (Å²) in [7, 11) is 1.49. The summed E-state index contributed by atoms with van der Waals surface area (Å²) in [6.45, 7) is 3.36. The van der Waals surface area contributed by atoms with Crippen molar-refractivity contribution in [1.82, 2.24) is 5.01 Å². The summed E-state index contributed by atoms with van der Waals surface area (Å²) in [6.07, 6.45) is 3.03. The molecule has 0 saturated carbocycles. The maximum Gasteiger partial charge on any atom is 0.302 e. The summed E-state index contributed by atoms with van der Waals surface area (Å²) in [4.78, 5) is 24.7. The van der Waals surface area contributed by atoms with Crippen LogP contribution in [0.15, 0.2) is 47.6 Å². The second-order valence-corrected chi connectivity index (χ2v) is 8.95. The van der Waals surface area contributed by atoms with Crippen molar-refractivity contribution in [1.29, 1.82) is 0 Å². The topological polar surface area (TPSA) is 80.2 Å². The molecule has 2 amide bonds. The Kier molecular flexibility index (Phi) is 9.33. The van der Waals surface area contributed by atoms with Gasteiger partial charge in [-0.3, -0.25) is 9.59 Å². The largest absolute Gasteiger partial charge is 0.493 e. The third-order valence-electron chi connectivity index (χ3n) is 5.35. The number of ether oxygens (including phenoxy) is 2. The monoisotopic (exact) mass is 487 g/mol. The van der Waals surface area contributed by atoms with Crippen molar-refractivity contribution in [2.24, 2.45) is 5.10 Å². The second-order valence-electron chi connectivity index (χ2n) is 7.79. The minimum Gasteiger partial charge on any atom is -0.493 e. The summed E-state index contributed by atoms with van der Waals surface area (Å²) in [5.41, 5.74) is 3.07. The molecule has 7 nitrogen and oxygen atoms in total. The highest BCUT2D eigenvalue weighted by Crippen LogP contribution is 2.34. The molecule has 1 aliphatic rings. The van der Waals surface area contributed by atoms with Crippen molar-refractivity contribution in [3.05, 3.63) is 53.6 Å². The fraction of sp³-hybridized carbons (Fsp3) is 0.400. The summed E-state index contributed by atoms with van der Waals surface area (Å²) in [5, 5.41) is 8.71. The van der Waals surface area contributed by atoms with Crippen molar-refractivity contribution in [2.45, 2.75) is 51.3 Å². The molecule has 0 bridgehead atoms.